The topological polar surface area (TPSA) is 87.5 Å². The van der Waals surface area contributed by atoms with Crippen molar-refractivity contribution in [3.8, 4) is 0 Å². The van der Waals surface area contributed by atoms with E-state index in [1.807, 2.05) is 43.3 Å². The van der Waals surface area contributed by atoms with E-state index in [4.69, 9.17) is 11.6 Å². The van der Waals surface area contributed by atoms with Gasteiger partial charge in [0.2, 0.25) is 5.43 Å². The molecule has 0 spiro atoms. The summed E-state index contributed by atoms with van der Waals surface area (Å²) in [4.78, 5) is 32.9. The fraction of sp³-hybridized carbons (Fsp3) is 0.240. The Balaban J connectivity index is 1.48. The maximum absolute atomic E-state index is 13.1. The number of rotatable bonds is 8. The van der Waals surface area contributed by atoms with E-state index in [0.29, 0.717) is 29.4 Å². The van der Waals surface area contributed by atoms with E-state index >= 15 is 0 Å². The summed E-state index contributed by atoms with van der Waals surface area (Å²) in [5.74, 6) is -0.413. The molecular weight excluding hydrogens is 472 g/mol. The summed E-state index contributed by atoms with van der Waals surface area (Å²) in [7, 11) is 3.74. The quantitative estimate of drug-likeness (QED) is 0.388. The number of nitrogens with one attached hydrogen (secondary N) is 1. The van der Waals surface area contributed by atoms with E-state index in [1.165, 1.54) is 11.3 Å². The summed E-state index contributed by atoms with van der Waals surface area (Å²) < 4.78 is 2.34. The predicted molar refractivity (Wildman–Crippen MR) is 135 cm³/mol. The lowest BCUT2D eigenvalue weighted by Crippen LogP contribution is -2.29. The summed E-state index contributed by atoms with van der Waals surface area (Å²) in [5, 5.41) is 13.9. The molecule has 1 atom stereocenters. The molecule has 2 N–H and O–H groups in total. The van der Waals surface area contributed by atoms with Gasteiger partial charge in [-0.25, -0.2) is 0 Å². The molecule has 34 heavy (non-hydrogen) atoms. The highest BCUT2D eigenvalue weighted by atomic mass is 35.5. The molecule has 0 bridgehead atoms. The summed E-state index contributed by atoms with van der Waals surface area (Å²) in [6.45, 7) is 1.29. The summed E-state index contributed by atoms with van der Waals surface area (Å²) in [6.07, 6.45) is 4.24. The number of aliphatic hydroxyl groups excluding tert-OH is 1. The van der Waals surface area contributed by atoms with E-state index in [-0.39, 0.29) is 11.0 Å². The Kier molecular flexibility index (Phi) is 7.43. The van der Waals surface area contributed by atoms with E-state index in [0.717, 1.165) is 21.5 Å². The number of aryl methyl sites for hydroxylation is 1. The van der Waals surface area contributed by atoms with Gasteiger partial charge in [-0.1, -0.05) is 29.8 Å². The Morgan fingerprint density at radius 1 is 1.29 bits per heavy atom. The number of carbonyl (C=O) groups is 1. The average molecular weight is 497 g/mol. The third-order valence-corrected chi connectivity index (χ3v) is 6.87. The zero-order valence-corrected chi connectivity index (χ0v) is 20.4. The normalized spacial score (nSPS) is 12.3. The Morgan fingerprint density at radius 2 is 2.06 bits per heavy atom. The molecule has 0 saturated carbocycles. The number of halogens is 1. The van der Waals surface area contributed by atoms with Crippen molar-refractivity contribution in [3.05, 3.63) is 97.9 Å². The average Bonchev–Trinajstić information content (AvgIpc) is 3.26. The smallest absolute Gasteiger partial charge is 0.257 e. The van der Waals surface area contributed by atoms with Crippen molar-refractivity contribution < 1.29 is 9.90 Å². The molecule has 0 aliphatic carbocycles. The minimum Gasteiger partial charge on any atom is -0.387 e. The first-order chi connectivity index (χ1) is 16.3. The van der Waals surface area contributed by atoms with Crippen LogP contribution in [0.25, 0.3) is 10.2 Å². The molecule has 4 rings (SSSR count). The predicted octanol–water partition coefficient (Wildman–Crippen LogP) is 3.74. The number of aromatic nitrogens is 2. The van der Waals surface area contributed by atoms with Gasteiger partial charge >= 0.3 is 0 Å². The molecule has 4 aromatic rings. The van der Waals surface area contributed by atoms with Crippen molar-refractivity contribution in [2.75, 3.05) is 13.6 Å². The van der Waals surface area contributed by atoms with E-state index in [9.17, 15) is 14.7 Å². The number of benzene rings is 1. The highest BCUT2D eigenvalue weighted by Crippen LogP contribution is 2.25. The van der Waals surface area contributed by atoms with Crippen LogP contribution < -0.4 is 10.7 Å². The van der Waals surface area contributed by atoms with Crippen LogP contribution in [0.2, 0.25) is 5.02 Å². The summed E-state index contributed by atoms with van der Waals surface area (Å²) in [5.41, 5.74) is 2.26. The number of fused-ring (bicyclic) bond motifs is 1. The molecule has 3 heterocycles. The third kappa shape index (κ3) is 5.53. The Morgan fingerprint density at radius 3 is 2.76 bits per heavy atom. The number of nitrogens with zero attached hydrogens (tertiary/aromatic N) is 3. The number of aliphatic hydroxyl groups is 1. The van der Waals surface area contributed by atoms with Gasteiger partial charge in [0, 0.05) is 60.7 Å². The Labute approximate surface area is 206 Å². The zero-order valence-electron chi connectivity index (χ0n) is 18.9. The van der Waals surface area contributed by atoms with Crippen molar-refractivity contribution in [1.82, 2.24) is 19.8 Å². The number of amides is 1. The van der Waals surface area contributed by atoms with Crippen LogP contribution in [0, 0.1) is 0 Å². The lowest BCUT2D eigenvalue weighted by atomic mass is 10.1. The summed E-state index contributed by atoms with van der Waals surface area (Å²) in [6, 6.07) is 12.8. The van der Waals surface area contributed by atoms with Gasteiger partial charge in [0.15, 0.2) is 0 Å². The second-order valence-electron chi connectivity index (χ2n) is 8.22. The number of hydrogen-bond donors (Lipinski definition) is 2. The highest BCUT2D eigenvalue weighted by Gasteiger charge is 2.18. The van der Waals surface area contributed by atoms with Crippen LogP contribution in [0.15, 0.2) is 65.8 Å². The number of hydrogen-bond acceptors (Lipinski definition) is 6. The first-order valence-electron chi connectivity index (χ1n) is 10.7. The van der Waals surface area contributed by atoms with Crippen LogP contribution in [0.3, 0.4) is 0 Å². The monoisotopic (exact) mass is 496 g/mol. The fourth-order valence-corrected chi connectivity index (χ4v) is 5.08. The molecule has 0 unspecified atom stereocenters. The minimum absolute atomic E-state index is 0.109. The number of likely N-dealkylation sites (N-methyl/N-ethyl adjacent to an activating group) is 1. The standard InChI is InChI=1S/C25H25ClN4O3S/c1-29(15-22(31)17-4-3-9-27-12-17)13-19-10-21-24(34-19)23(32)20(14-30(21)2)25(33)28-11-16-5-7-18(26)8-6-16/h3-10,12,14,22,31H,11,13,15H2,1-2H3,(H,28,33)/t22-/m0/s1. The number of thiophene rings is 1. The third-order valence-electron chi connectivity index (χ3n) is 5.51. The zero-order chi connectivity index (χ0) is 24.2. The molecular formula is C25H25ClN4O3S. The van der Waals surface area contributed by atoms with Crippen LogP contribution in [-0.2, 0) is 20.1 Å². The maximum atomic E-state index is 13.1. The SMILES string of the molecule is CN(Cc1cc2c(s1)c(=O)c(C(=O)NCc1ccc(Cl)cc1)cn2C)C[C@H](O)c1cccnc1. The second-order valence-corrected chi connectivity index (χ2v) is 9.79. The molecule has 0 fully saturated rings. The second kappa shape index (κ2) is 10.5. The molecule has 176 valence electrons. The fourth-order valence-electron chi connectivity index (χ4n) is 3.72. The number of carbonyl (C=O) groups excluding carboxylic acids is 1. The molecule has 0 saturated heterocycles. The molecule has 9 heteroatoms. The molecule has 7 nitrogen and oxygen atoms in total. The molecule has 0 aliphatic heterocycles. The van der Waals surface area contributed by atoms with Crippen molar-refractivity contribution in [1.29, 1.82) is 0 Å². The van der Waals surface area contributed by atoms with Crippen LogP contribution in [0.1, 0.15) is 32.5 Å². The van der Waals surface area contributed by atoms with Gasteiger partial charge in [-0.05, 0) is 36.9 Å². The maximum Gasteiger partial charge on any atom is 0.257 e. The molecule has 0 radical (unpaired) electrons. The van der Waals surface area contributed by atoms with Crippen molar-refractivity contribution >= 4 is 39.1 Å². The van der Waals surface area contributed by atoms with Gasteiger partial charge in [0.1, 0.15) is 5.56 Å². The molecule has 1 amide bonds. The minimum atomic E-state index is -0.657. The van der Waals surface area contributed by atoms with Gasteiger partial charge in [0.05, 0.1) is 16.3 Å². The van der Waals surface area contributed by atoms with Gasteiger partial charge in [-0.3, -0.25) is 19.5 Å². The Hall–Kier alpha value is -3.04. The highest BCUT2D eigenvalue weighted by molar-refractivity contribution is 7.19. The van der Waals surface area contributed by atoms with Gasteiger partial charge in [-0.2, -0.15) is 0 Å². The molecule has 3 aromatic heterocycles. The lowest BCUT2D eigenvalue weighted by Gasteiger charge is -2.19. The van der Waals surface area contributed by atoms with Gasteiger partial charge < -0.3 is 15.0 Å². The van der Waals surface area contributed by atoms with Crippen LogP contribution in [0.4, 0.5) is 0 Å². The summed E-state index contributed by atoms with van der Waals surface area (Å²) >= 11 is 7.28. The first kappa shape index (κ1) is 24.1. The molecule has 0 aliphatic rings. The van der Waals surface area contributed by atoms with Gasteiger partial charge in [-0.15, -0.1) is 11.3 Å². The van der Waals surface area contributed by atoms with Crippen LogP contribution in [-0.4, -0.2) is 39.1 Å². The van der Waals surface area contributed by atoms with Crippen LogP contribution in [0.5, 0.6) is 0 Å². The van der Waals surface area contributed by atoms with E-state index in [1.54, 1.807) is 41.4 Å². The Bertz CT molecular complexity index is 1350. The van der Waals surface area contributed by atoms with Crippen molar-refractivity contribution in [2.24, 2.45) is 7.05 Å². The van der Waals surface area contributed by atoms with Crippen LogP contribution >= 0.6 is 22.9 Å². The molecule has 1 aromatic carbocycles. The van der Waals surface area contributed by atoms with Gasteiger partial charge in [0.25, 0.3) is 5.91 Å². The largest absolute Gasteiger partial charge is 0.387 e. The van der Waals surface area contributed by atoms with E-state index < -0.39 is 12.0 Å². The van der Waals surface area contributed by atoms with Crippen molar-refractivity contribution in [3.63, 3.8) is 0 Å². The lowest BCUT2D eigenvalue weighted by molar-refractivity contribution is 0.0949. The first-order valence-corrected chi connectivity index (χ1v) is 11.9. The van der Waals surface area contributed by atoms with E-state index in [2.05, 4.69) is 10.3 Å². The number of pyridine rings is 2. The van der Waals surface area contributed by atoms with Crippen molar-refractivity contribution in [2.45, 2.75) is 19.2 Å².